The van der Waals surface area contributed by atoms with Crippen molar-refractivity contribution >= 4 is 17.4 Å². The van der Waals surface area contributed by atoms with Crippen molar-refractivity contribution in [3.8, 4) is 0 Å². The van der Waals surface area contributed by atoms with Crippen molar-refractivity contribution in [2.24, 2.45) is 0 Å². The lowest BCUT2D eigenvalue weighted by Crippen LogP contribution is -2.27. The summed E-state index contributed by atoms with van der Waals surface area (Å²) >= 11 is 6.35. The molecule has 0 radical (unpaired) electrons. The average Bonchev–Trinajstić information content (AvgIpc) is 3.22. The van der Waals surface area contributed by atoms with Crippen molar-refractivity contribution < 1.29 is 4.74 Å². The highest BCUT2D eigenvalue weighted by atomic mass is 35.5. The molecule has 4 rings (SSSR count). The van der Waals surface area contributed by atoms with Gasteiger partial charge in [-0.1, -0.05) is 11.6 Å². The normalized spacial score (nSPS) is 24.0. The number of aromatic nitrogens is 4. The lowest BCUT2D eigenvalue weighted by Gasteiger charge is -2.25. The summed E-state index contributed by atoms with van der Waals surface area (Å²) in [5, 5.41) is 9.43. The van der Waals surface area contributed by atoms with Crippen LogP contribution in [-0.4, -0.2) is 39.5 Å². The second-order valence-electron chi connectivity index (χ2n) is 5.80. The van der Waals surface area contributed by atoms with Crippen molar-refractivity contribution in [2.75, 3.05) is 18.6 Å². The maximum absolute atomic E-state index is 6.35. The monoisotopic (exact) mass is 319 g/mol. The van der Waals surface area contributed by atoms with Crippen molar-refractivity contribution in [1.29, 1.82) is 0 Å². The molecule has 0 unspecified atom stereocenters. The topological polar surface area (TPSA) is 56.1 Å². The van der Waals surface area contributed by atoms with Crippen molar-refractivity contribution in [3.05, 3.63) is 35.0 Å². The quantitative estimate of drug-likeness (QED) is 0.868. The smallest absolute Gasteiger partial charge is 0.155 e. The maximum atomic E-state index is 6.35. The molecule has 0 spiro atoms. The molecule has 4 heterocycles. The third-order valence-corrected chi connectivity index (χ3v) is 4.84. The first-order chi connectivity index (χ1) is 10.8. The molecule has 2 aromatic heterocycles. The first-order valence-corrected chi connectivity index (χ1v) is 7.97. The van der Waals surface area contributed by atoms with Gasteiger partial charge in [0.1, 0.15) is 11.6 Å². The number of pyridine rings is 1. The van der Waals surface area contributed by atoms with Gasteiger partial charge in [0.15, 0.2) is 5.82 Å². The third-order valence-electron chi connectivity index (χ3n) is 4.54. The first-order valence-electron chi connectivity index (χ1n) is 7.60. The van der Waals surface area contributed by atoms with Crippen molar-refractivity contribution in [2.45, 2.75) is 38.0 Å². The number of ether oxygens (including phenoxy) is 1. The fourth-order valence-corrected chi connectivity index (χ4v) is 3.69. The SMILES string of the molecule is CO[C@@H]1C[C@@H](c2nnc3n2CCC3)N(c2ncccc2Cl)C1. The van der Waals surface area contributed by atoms with Crippen LogP contribution in [0, 0.1) is 0 Å². The summed E-state index contributed by atoms with van der Waals surface area (Å²) in [6.07, 6.45) is 4.95. The zero-order valence-electron chi connectivity index (χ0n) is 12.4. The molecular weight excluding hydrogens is 302 g/mol. The average molecular weight is 320 g/mol. The van der Waals surface area contributed by atoms with E-state index in [0.717, 1.165) is 49.8 Å². The van der Waals surface area contributed by atoms with E-state index in [-0.39, 0.29) is 12.1 Å². The molecule has 7 heteroatoms. The van der Waals surface area contributed by atoms with Gasteiger partial charge in [-0.05, 0) is 18.6 Å². The molecule has 22 heavy (non-hydrogen) atoms. The van der Waals surface area contributed by atoms with Crippen LogP contribution in [0.25, 0.3) is 0 Å². The zero-order valence-corrected chi connectivity index (χ0v) is 13.2. The maximum Gasteiger partial charge on any atom is 0.155 e. The number of nitrogens with zero attached hydrogens (tertiary/aromatic N) is 5. The molecule has 2 aliphatic rings. The molecule has 0 bridgehead atoms. The molecule has 0 aromatic carbocycles. The molecule has 2 atom stereocenters. The second-order valence-corrected chi connectivity index (χ2v) is 6.21. The zero-order chi connectivity index (χ0) is 15.1. The van der Waals surface area contributed by atoms with E-state index in [2.05, 4.69) is 24.6 Å². The van der Waals surface area contributed by atoms with Gasteiger partial charge < -0.3 is 14.2 Å². The van der Waals surface area contributed by atoms with E-state index in [1.54, 1.807) is 13.3 Å². The van der Waals surface area contributed by atoms with Gasteiger partial charge in [-0.2, -0.15) is 0 Å². The van der Waals surface area contributed by atoms with Gasteiger partial charge in [0, 0.05) is 39.2 Å². The summed E-state index contributed by atoms with van der Waals surface area (Å²) in [6, 6.07) is 3.83. The number of rotatable bonds is 3. The van der Waals surface area contributed by atoms with E-state index in [9.17, 15) is 0 Å². The first kappa shape index (κ1) is 14.0. The Morgan fingerprint density at radius 1 is 1.36 bits per heavy atom. The van der Waals surface area contributed by atoms with Crippen LogP contribution in [0.2, 0.25) is 5.02 Å². The number of hydrogen-bond acceptors (Lipinski definition) is 5. The van der Waals surface area contributed by atoms with E-state index in [1.807, 2.05) is 12.1 Å². The second kappa shape index (κ2) is 5.52. The predicted octanol–water partition coefficient (Wildman–Crippen LogP) is 2.24. The Kier molecular flexibility index (Phi) is 3.50. The number of methoxy groups -OCH3 is 1. The highest BCUT2D eigenvalue weighted by molar-refractivity contribution is 6.32. The van der Waals surface area contributed by atoms with Crippen LogP contribution in [0.4, 0.5) is 5.82 Å². The number of anilines is 1. The molecule has 1 fully saturated rings. The van der Waals surface area contributed by atoms with Gasteiger partial charge in [-0.25, -0.2) is 4.98 Å². The lowest BCUT2D eigenvalue weighted by atomic mass is 10.2. The minimum Gasteiger partial charge on any atom is -0.380 e. The predicted molar refractivity (Wildman–Crippen MR) is 83.1 cm³/mol. The van der Waals surface area contributed by atoms with Crippen LogP contribution in [0.3, 0.4) is 0 Å². The number of aryl methyl sites for hydroxylation is 1. The fraction of sp³-hybridized carbons (Fsp3) is 0.533. The van der Waals surface area contributed by atoms with Crippen molar-refractivity contribution in [3.63, 3.8) is 0 Å². The lowest BCUT2D eigenvalue weighted by molar-refractivity contribution is 0.118. The summed E-state index contributed by atoms with van der Waals surface area (Å²) in [6.45, 7) is 1.76. The highest BCUT2D eigenvalue weighted by Crippen LogP contribution is 2.39. The summed E-state index contributed by atoms with van der Waals surface area (Å²) in [7, 11) is 1.75. The Labute approximate surface area is 134 Å². The summed E-state index contributed by atoms with van der Waals surface area (Å²) in [5.74, 6) is 2.89. The Hall–Kier alpha value is -1.66. The van der Waals surface area contributed by atoms with Gasteiger partial charge in [-0.15, -0.1) is 10.2 Å². The molecule has 6 nitrogen and oxygen atoms in total. The highest BCUT2D eigenvalue weighted by Gasteiger charge is 2.38. The Morgan fingerprint density at radius 2 is 2.27 bits per heavy atom. The van der Waals surface area contributed by atoms with Crippen LogP contribution in [0.1, 0.15) is 30.5 Å². The van der Waals surface area contributed by atoms with E-state index >= 15 is 0 Å². The van der Waals surface area contributed by atoms with Crippen molar-refractivity contribution in [1.82, 2.24) is 19.7 Å². The van der Waals surface area contributed by atoms with Crippen LogP contribution < -0.4 is 4.90 Å². The molecule has 116 valence electrons. The molecule has 2 aliphatic heterocycles. The third kappa shape index (κ3) is 2.18. The minimum atomic E-state index is 0.108. The molecule has 0 saturated carbocycles. The van der Waals surface area contributed by atoms with Gasteiger partial charge in [0.2, 0.25) is 0 Å². The van der Waals surface area contributed by atoms with Crippen LogP contribution >= 0.6 is 11.6 Å². The van der Waals surface area contributed by atoms with E-state index in [4.69, 9.17) is 16.3 Å². The summed E-state index contributed by atoms with van der Waals surface area (Å²) < 4.78 is 7.82. The molecule has 1 saturated heterocycles. The summed E-state index contributed by atoms with van der Waals surface area (Å²) in [4.78, 5) is 6.66. The Balaban J connectivity index is 1.74. The number of fused-ring (bicyclic) bond motifs is 1. The van der Waals surface area contributed by atoms with E-state index < -0.39 is 0 Å². The Morgan fingerprint density at radius 3 is 3.09 bits per heavy atom. The van der Waals surface area contributed by atoms with E-state index in [0.29, 0.717) is 5.02 Å². The van der Waals surface area contributed by atoms with Crippen LogP contribution in [0.15, 0.2) is 18.3 Å². The molecule has 0 amide bonds. The summed E-state index contributed by atoms with van der Waals surface area (Å²) in [5.41, 5.74) is 0. The fourth-order valence-electron chi connectivity index (χ4n) is 3.46. The molecular formula is C15H18ClN5O. The van der Waals surface area contributed by atoms with Gasteiger partial charge in [-0.3, -0.25) is 0 Å². The van der Waals surface area contributed by atoms with Crippen LogP contribution in [0.5, 0.6) is 0 Å². The van der Waals surface area contributed by atoms with E-state index in [1.165, 1.54) is 0 Å². The number of halogens is 1. The standard InChI is InChI=1S/C15H18ClN5O/c1-22-10-8-12(15-19-18-13-5-3-7-20(13)15)21(9-10)14-11(16)4-2-6-17-14/h2,4,6,10,12H,3,5,7-9H2,1H3/t10-,12+/m1/s1. The Bertz CT molecular complexity index is 688. The number of hydrogen-bond donors (Lipinski definition) is 0. The molecule has 0 N–H and O–H groups in total. The minimum absolute atomic E-state index is 0.108. The van der Waals surface area contributed by atoms with Gasteiger partial charge in [0.25, 0.3) is 0 Å². The molecule has 2 aromatic rings. The van der Waals surface area contributed by atoms with Gasteiger partial charge in [0.05, 0.1) is 17.2 Å². The van der Waals surface area contributed by atoms with Crippen LogP contribution in [-0.2, 0) is 17.7 Å². The largest absolute Gasteiger partial charge is 0.380 e. The molecule has 0 aliphatic carbocycles. The van der Waals surface area contributed by atoms with Gasteiger partial charge >= 0.3 is 0 Å².